The molecule has 118 valence electrons. The first-order valence-electron chi connectivity index (χ1n) is 6.96. The Balaban J connectivity index is 2.13. The molecule has 1 heterocycles. The fraction of sp³-hybridized carbons (Fsp3) is 0.312. The highest BCUT2D eigenvalue weighted by atomic mass is 79.9. The van der Waals surface area contributed by atoms with Crippen LogP contribution in [0.25, 0.3) is 0 Å². The van der Waals surface area contributed by atoms with E-state index in [1.165, 1.54) is 0 Å². The molecule has 0 radical (unpaired) electrons. The Morgan fingerprint density at radius 1 is 1.41 bits per heavy atom. The summed E-state index contributed by atoms with van der Waals surface area (Å²) in [6.07, 6.45) is 0.901. The Kier molecular flexibility index (Phi) is 6.27. The lowest BCUT2D eigenvalue weighted by atomic mass is 10.2. The van der Waals surface area contributed by atoms with E-state index in [1.807, 2.05) is 24.4 Å². The van der Waals surface area contributed by atoms with E-state index in [0.717, 1.165) is 11.3 Å². The average Bonchev–Trinajstić information content (AvgIpc) is 3.04. The number of halogens is 1. The molecule has 22 heavy (non-hydrogen) atoms. The van der Waals surface area contributed by atoms with Gasteiger partial charge in [-0.25, -0.2) is 0 Å². The van der Waals surface area contributed by atoms with Crippen molar-refractivity contribution in [3.8, 4) is 11.5 Å². The van der Waals surface area contributed by atoms with E-state index in [2.05, 4.69) is 21.2 Å². The van der Waals surface area contributed by atoms with E-state index in [9.17, 15) is 4.79 Å². The molecule has 0 atom stereocenters. The zero-order valence-electron chi connectivity index (χ0n) is 12.5. The predicted octanol–water partition coefficient (Wildman–Crippen LogP) is 4.24. The number of rotatable bonds is 7. The van der Waals surface area contributed by atoms with Crippen molar-refractivity contribution in [1.29, 1.82) is 0 Å². The molecule has 0 saturated heterocycles. The van der Waals surface area contributed by atoms with Crippen molar-refractivity contribution < 1.29 is 14.3 Å². The van der Waals surface area contributed by atoms with Crippen LogP contribution in [0, 0.1) is 0 Å². The van der Waals surface area contributed by atoms with E-state index >= 15 is 0 Å². The minimum absolute atomic E-state index is 0.144. The third-order valence-corrected chi connectivity index (χ3v) is 4.41. The number of methoxy groups -OCH3 is 1. The topological polar surface area (TPSA) is 47.6 Å². The number of ether oxygens (including phenoxy) is 2. The lowest BCUT2D eigenvalue weighted by molar-refractivity contribution is 0.0951. The third-order valence-electron chi connectivity index (χ3n) is 2.95. The summed E-state index contributed by atoms with van der Waals surface area (Å²) in [5.74, 6) is 1.03. The molecule has 0 unspecified atom stereocenters. The van der Waals surface area contributed by atoms with Gasteiger partial charge in [0.15, 0.2) is 11.5 Å². The van der Waals surface area contributed by atoms with E-state index in [-0.39, 0.29) is 5.91 Å². The van der Waals surface area contributed by atoms with Crippen LogP contribution in [0.3, 0.4) is 0 Å². The molecule has 0 aliphatic rings. The summed E-state index contributed by atoms with van der Waals surface area (Å²) in [5, 5.41) is 4.88. The molecule has 1 aromatic heterocycles. The molecule has 6 heteroatoms. The normalized spacial score (nSPS) is 10.3. The second-order valence-corrected chi connectivity index (χ2v) is 6.49. The van der Waals surface area contributed by atoms with Crippen LogP contribution in [-0.4, -0.2) is 19.6 Å². The fourth-order valence-corrected chi connectivity index (χ4v) is 3.08. The highest BCUT2D eigenvalue weighted by molar-refractivity contribution is 9.10. The smallest absolute Gasteiger partial charge is 0.251 e. The van der Waals surface area contributed by atoms with Gasteiger partial charge in [-0.2, -0.15) is 0 Å². The van der Waals surface area contributed by atoms with E-state index in [4.69, 9.17) is 9.47 Å². The summed E-state index contributed by atoms with van der Waals surface area (Å²) in [7, 11) is 1.56. The lowest BCUT2D eigenvalue weighted by Gasteiger charge is -2.14. The quantitative estimate of drug-likeness (QED) is 0.777. The van der Waals surface area contributed by atoms with Crippen LogP contribution in [0.1, 0.15) is 28.6 Å². The maximum Gasteiger partial charge on any atom is 0.251 e. The van der Waals surface area contributed by atoms with Crippen LogP contribution in [0.5, 0.6) is 11.5 Å². The van der Waals surface area contributed by atoms with Crippen molar-refractivity contribution in [3.63, 3.8) is 0 Å². The first kappa shape index (κ1) is 16.8. The van der Waals surface area contributed by atoms with Gasteiger partial charge in [-0.1, -0.05) is 13.0 Å². The molecule has 0 bridgehead atoms. The predicted molar refractivity (Wildman–Crippen MR) is 92.0 cm³/mol. The van der Waals surface area contributed by atoms with Crippen molar-refractivity contribution in [1.82, 2.24) is 5.32 Å². The van der Waals surface area contributed by atoms with Crippen LogP contribution in [0.4, 0.5) is 0 Å². The van der Waals surface area contributed by atoms with Crippen molar-refractivity contribution in [2.45, 2.75) is 19.9 Å². The standard InChI is InChI=1S/C16H18BrNO3S/c1-3-6-21-15-13(17)8-11(9-14(15)20-2)16(19)18-10-12-5-4-7-22-12/h4-5,7-9H,3,6,10H2,1-2H3,(H,18,19). The number of carbonyl (C=O) groups is 1. The van der Waals surface area contributed by atoms with Gasteiger partial charge in [-0.15, -0.1) is 11.3 Å². The van der Waals surface area contributed by atoms with Crippen LogP contribution in [0.2, 0.25) is 0 Å². The maximum atomic E-state index is 12.3. The SMILES string of the molecule is CCCOc1c(Br)cc(C(=O)NCc2cccs2)cc1OC. The highest BCUT2D eigenvalue weighted by Gasteiger charge is 2.15. The minimum atomic E-state index is -0.144. The van der Waals surface area contributed by atoms with Crippen molar-refractivity contribution >= 4 is 33.2 Å². The summed E-state index contributed by atoms with van der Waals surface area (Å²) >= 11 is 5.06. The van der Waals surface area contributed by atoms with E-state index in [1.54, 1.807) is 30.6 Å². The molecule has 0 spiro atoms. The van der Waals surface area contributed by atoms with Crippen LogP contribution in [0.15, 0.2) is 34.1 Å². The Morgan fingerprint density at radius 3 is 2.86 bits per heavy atom. The number of hydrogen-bond donors (Lipinski definition) is 1. The van der Waals surface area contributed by atoms with Gasteiger partial charge in [0.2, 0.25) is 0 Å². The number of carbonyl (C=O) groups excluding carboxylic acids is 1. The van der Waals surface area contributed by atoms with Gasteiger partial charge in [0.05, 0.1) is 24.7 Å². The Bertz CT molecular complexity index is 629. The Labute approximate surface area is 142 Å². The van der Waals surface area contributed by atoms with Gasteiger partial charge in [0, 0.05) is 10.4 Å². The third kappa shape index (κ3) is 4.24. The molecule has 0 aliphatic carbocycles. The highest BCUT2D eigenvalue weighted by Crippen LogP contribution is 2.36. The number of amides is 1. The van der Waals surface area contributed by atoms with Crippen LogP contribution >= 0.6 is 27.3 Å². The molecule has 0 saturated carbocycles. The van der Waals surface area contributed by atoms with Gasteiger partial charge in [0.25, 0.3) is 5.91 Å². The zero-order valence-corrected chi connectivity index (χ0v) is 14.9. The van der Waals surface area contributed by atoms with Gasteiger partial charge in [-0.05, 0) is 45.9 Å². The zero-order chi connectivity index (χ0) is 15.9. The minimum Gasteiger partial charge on any atom is -0.493 e. The van der Waals surface area contributed by atoms with Gasteiger partial charge >= 0.3 is 0 Å². The summed E-state index contributed by atoms with van der Waals surface area (Å²) in [6.45, 7) is 3.15. The molecule has 2 aromatic rings. The van der Waals surface area contributed by atoms with Crippen LogP contribution in [-0.2, 0) is 6.54 Å². The van der Waals surface area contributed by atoms with Crippen molar-refractivity contribution in [2.24, 2.45) is 0 Å². The number of thiophene rings is 1. The van der Waals surface area contributed by atoms with Crippen LogP contribution < -0.4 is 14.8 Å². The largest absolute Gasteiger partial charge is 0.493 e. The molecular formula is C16H18BrNO3S. The molecule has 4 nitrogen and oxygen atoms in total. The summed E-state index contributed by atoms with van der Waals surface area (Å²) in [6, 6.07) is 7.39. The maximum absolute atomic E-state index is 12.3. The molecule has 2 rings (SSSR count). The van der Waals surface area contributed by atoms with Gasteiger partial charge in [0.1, 0.15) is 0 Å². The molecule has 0 aliphatic heterocycles. The van der Waals surface area contributed by atoms with Crippen molar-refractivity contribution in [2.75, 3.05) is 13.7 Å². The molecule has 1 amide bonds. The Hall–Kier alpha value is -1.53. The van der Waals surface area contributed by atoms with E-state index in [0.29, 0.717) is 34.7 Å². The summed E-state index contributed by atoms with van der Waals surface area (Å²) < 4.78 is 11.7. The Morgan fingerprint density at radius 2 is 2.23 bits per heavy atom. The number of nitrogens with one attached hydrogen (secondary N) is 1. The van der Waals surface area contributed by atoms with Gasteiger partial charge in [-0.3, -0.25) is 4.79 Å². The number of hydrogen-bond acceptors (Lipinski definition) is 4. The second-order valence-electron chi connectivity index (χ2n) is 4.60. The fourth-order valence-electron chi connectivity index (χ4n) is 1.88. The van der Waals surface area contributed by atoms with E-state index < -0.39 is 0 Å². The first-order chi connectivity index (χ1) is 10.7. The molecule has 1 aromatic carbocycles. The molecule has 0 fully saturated rings. The number of benzene rings is 1. The van der Waals surface area contributed by atoms with Gasteiger partial charge < -0.3 is 14.8 Å². The summed E-state index contributed by atoms with van der Waals surface area (Å²) in [4.78, 5) is 13.4. The second kappa shape index (κ2) is 8.19. The molecular weight excluding hydrogens is 366 g/mol. The molecule has 1 N–H and O–H groups in total. The lowest BCUT2D eigenvalue weighted by Crippen LogP contribution is -2.22. The van der Waals surface area contributed by atoms with Crippen molar-refractivity contribution in [3.05, 3.63) is 44.6 Å². The summed E-state index contributed by atoms with van der Waals surface area (Å²) in [5.41, 5.74) is 0.532. The first-order valence-corrected chi connectivity index (χ1v) is 8.64. The average molecular weight is 384 g/mol. The monoisotopic (exact) mass is 383 g/mol.